The first kappa shape index (κ1) is 17.4. The Kier molecular flexibility index (Phi) is 4.95. The molecule has 1 aromatic carbocycles. The van der Waals surface area contributed by atoms with Gasteiger partial charge in [0.05, 0.1) is 12.2 Å². The number of carbonyl (C=O) groups is 1. The van der Waals surface area contributed by atoms with E-state index in [-0.39, 0.29) is 18.9 Å². The minimum absolute atomic E-state index is 0.0768. The van der Waals surface area contributed by atoms with Crippen molar-refractivity contribution in [3.05, 3.63) is 41.6 Å². The van der Waals surface area contributed by atoms with Gasteiger partial charge in [-0.25, -0.2) is 4.79 Å². The van der Waals surface area contributed by atoms with Gasteiger partial charge >= 0.3 is 6.03 Å². The van der Waals surface area contributed by atoms with Crippen molar-refractivity contribution < 1.29 is 19.0 Å². The normalized spacial score (nSPS) is 18.3. The molecule has 1 fully saturated rings. The Bertz CT molecular complexity index is 812. The highest BCUT2D eigenvalue weighted by atomic mass is 16.7. The quantitative estimate of drug-likeness (QED) is 0.889. The number of aromatic nitrogens is 2. The molecule has 1 aromatic heterocycles. The van der Waals surface area contributed by atoms with E-state index in [2.05, 4.69) is 15.5 Å². The van der Waals surface area contributed by atoms with E-state index >= 15 is 0 Å². The number of nitrogens with one attached hydrogen (secondary N) is 1. The molecule has 2 aliphatic rings. The first-order valence-electron chi connectivity index (χ1n) is 9.06. The highest BCUT2D eigenvalue weighted by Gasteiger charge is 2.25. The molecule has 27 heavy (non-hydrogen) atoms. The lowest BCUT2D eigenvalue weighted by Crippen LogP contribution is -2.48. The number of carbonyl (C=O) groups excluding carboxylic acids is 1. The molecule has 0 bridgehead atoms. The van der Waals surface area contributed by atoms with E-state index < -0.39 is 0 Å². The minimum Gasteiger partial charge on any atom is -0.471 e. The summed E-state index contributed by atoms with van der Waals surface area (Å²) in [6.45, 7) is 3.80. The highest BCUT2D eigenvalue weighted by Crippen LogP contribution is 2.32. The number of nitrogens with zero attached hydrogens (tertiary/aromatic N) is 3. The molecule has 0 saturated carbocycles. The second-order valence-electron chi connectivity index (χ2n) is 6.69. The van der Waals surface area contributed by atoms with Crippen molar-refractivity contribution in [3.63, 3.8) is 0 Å². The summed E-state index contributed by atoms with van der Waals surface area (Å²) < 4.78 is 16.5. The van der Waals surface area contributed by atoms with E-state index in [9.17, 15) is 4.79 Å². The molecule has 1 saturated heterocycles. The molecule has 1 N–H and O–H groups in total. The number of urea groups is 1. The zero-order valence-electron chi connectivity index (χ0n) is 15.2. The Balaban J connectivity index is 1.29. The zero-order valence-corrected chi connectivity index (χ0v) is 15.2. The fraction of sp³-hybridized carbons (Fsp3) is 0.421. The predicted octanol–water partition coefficient (Wildman–Crippen LogP) is 2.27. The van der Waals surface area contributed by atoms with Gasteiger partial charge in [-0.15, -0.1) is 5.10 Å². The summed E-state index contributed by atoms with van der Waals surface area (Å²) in [4.78, 5) is 14.3. The standard InChI is InChI=1S/C19H22N4O4/c1-13-4-7-18(22-21-13)27-15-3-2-8-23(11-15)19(24)20-10-14-5-6-16-17(9-14)26-12-25-16/h4-7,9,15H,2-3,8,10-12H2,1H3,(H,20,24). The molecule has 0 aliphatic carbocycles. The monoisotopic (exact) mass is 370 g/mol. The van der Waals surface area contributed by atoms with Crippen molar-refractivity contribution in [2.24, 2.45) is 0 Å². The van der Waals surface area contributed by atoms with E-state index in [4.69, 9.17) is 14.2 Å². The fourth-order valence-electron chi connectivity index (χ4n) is 3.18. The van der Waals surface area contributed by atoms with Gasteiger partial charge in [0.15, 0.2) is 11.5 Å². The number of fused-ring (bicyclic) bond motifs is 1. The van der Waals surface area contributed by atoms with Gasteiger partial charge in [0.1, 0.15) is 6.10 Å². The van der Waals surface area contributed by atoms with Gasteiger partial charge in [0.2, 0.25) is 12.7 Å². The lowest BCUT2D eigenvalue weighted by molar-refractivity contribution is 0.0968. The van der Waals surface area contributed by atoms with Crippen LogP contribution in [0.2, 0.25) is 0 Å². The van der Waals surface area contributed by atoms with E-state index in [0.29, 0.717) is 31.3 Å². The maximum Gasteiger partial charge on any atom is 0.317 e. The second-order valence-corrected chi connectivity index (χ2v) is 6.69. The van der Waals surface area contributed by atoms with Crippen molar-refractivity contribution in [2.75, 3.05) is 19.9 Å². The Morgan fingerprint density at radius 3 is 3.00 bits per heavy atom. The van der Waals surface area contributed by atoms with E-state index in [0.717, 1.165) is 29.8 Å². The van der Waals surface area contributed by atoms with Crippen LogP contribution in [0.3, 0.4) is 0 Å². The van der Waals surface area contributed by atoms with Gasteiger partial charge in [0, 0.05) is 19.2 Å². The molecule has 0 spiro atoms. The number of rotatable bonds is 4. The van der Waals surface area contributed by atoms with E-state index in [1.54, 1.807) is 11.0 Å². The summed E-state index contributed by atoms with van der Waals surface area (Å²) in [5, 5.41) is 11.0. The largest absolute Gasteiger partial charge is 0.471 e. The van der Waals surface area contributed by atoms with Gasteiger partial charge in [-0.1, -0.05) is 6.07 Å². The van der Waals surface area contributed by atoms with Crippen molar-refractivity contribution >= 4 is 6.03 Å². The molecule has 3 heterocycles. The average Bonchev–Trinajstić information content (AvgIpc) is 3.16. The molecule has 2 aromatic rings. The van der Waals surface area contributed by atoms with Crippen molar-refractivity contribution in [3.8, 4) is 17.4 Å². The van der Waals surface area contributed by atoms with Crippen LogP contribution in [0.25, 0.3) is 0 Å². The Morgan fingerprint density at radius 1 is 1.26 bits per heavy atom. The highest BCUT2D eigenvalue weighted by molar-refractivity contribution is 5.74. The predicted molar refractivity (Wildman–Crippen MR) is 96.8 cm³/mol. The molecule has 4 rings (SSSR count). The van der Waals surface area contributed by atoms with Crippen LogP contribution in [-0.4, -0.2) is 47.1 Å². The van der Waals surface area contributed by atoms with Crippen LogP contribution in [0.4, 0.5) is 4.79 Å². The summed E-state index contributed by atoms with van der Waals surface area (Å²) in [7, 11) is 0. The molecule has 2 amide bonds. The van der Waals surface area contributed by atoms with Crippen LogP contribution in [0.1, 0.15) is 24.1 Å². The number of hydrogen-bond donors (Lipinski definition) is 1. The molecule has 0 radical (unpaired) electrons. The Hall–Kier alpha value is -3.03. The molecule has 1 atom stereocenters. The first-order chi connectivity index (χ1) is 13.2. The summed E-state index contributed by atoms with van der Waals surface area (Å²) >= 11 is 0. The first-order valence-corrected chi connectivity index (χ1v) is 9.06. The number of aryl methyl sites for hydroxylation is 1. The van der Waals surface area contributed by atoms with Gasteiger partial charge in [-0.2, -0.15) is 5.10 Å². The zero-order chi connectivity index (χ0) is 18.6. The van der Waals surface area contributed by atoms with Crippen LogP contribution in [-0.2, 0) is 6.54 Å². The smallest absolute Gasteiger partial charge is 0.317 e. The number of benzene rings is 1. The summed E-state index contributed by atoms with van der Waals surface area (Å²) in [5.74, 6) is 1.95. The number of hydrogen-bond acceptors (Lipinski definition) is 6. The SMILES string of the molecule is Cc1ccc(OC2CCCN(C(=O)NCc3ccc4c(c3)OCO4)C2)nn1. The van der Waals surface area contributed by atoms with Crippen molar-refractivity contribution in [1.29, 1.82) is 0 Å². The van der Waals surface area contributed by atoms with Crippen LogP contribution in [0.5, 0.6) is 17.4 Å². The van der Waals surface area contributed by atoms with Crippen molar-refractivity contribution in [1.82, 2.24) is 20.4 Å². The lowest BCUT2D eigenvalue weighted by Gasteiger charge is -2.32. The molecule has 8 heteroatoms. The van der Waals surface area contributed by atoms with Crippen LogP contribution >= 0.6 is 0 Å². The van der Waals surface area contributed by atoms with Gasteiger partial charge in [-0.3, -0.25) is 0 Å². The minimum atomic E-state index is -0.101. The summed E-state index contributed by atoms with van der Waals surface area (Å²) in [5.41, 5.74) is 1.81. The third kappa shape index (κ3) is 4.21. The van der Waals surface area contributed by atoms with Crippen LogP contribution < -0.4 is 19.5 Å². The lowest BCUT2D eigenvalue weighted by atomic mass is 10.1. The third-order valence-corrected chi connectivity index (χ3v) is 4.61. The molecule has 2 aliphatic heterocycles. The van der Waals surface area contributed by atoms with E-state index in [1.165, 1.54) is 0 Å². The number of ether oxygens (including phenoxy) is 3. The van der Waals surface area contributed by atoms with Crippen molar-refractivity contribution in [2.45, 2.75) is 32.4 Å². The maximum atomic E-state index is 12.5. The average molecular weight is 370 g/mol. The number of piperidine rings is 1. The van der Waals surface area contributed by atoms with Crippen LogP contribution in [0.15, 0.2) is 30.3 Å². The molecular weight excluding hydrogens is 348 g/mol. The molecule has 8 nitrogen and oxygen atoms in total. The summed E-state index contributed by atoms with van der Waals surface area (Å²) in [6, 6.07) is 9.24. The summed E-state index contributed by atoms with van der Waals surface area (Å²) in [6.07, 6.45) is 1.70. The Morgan fingerprint density at radius 2 is 2.15 bits per heavy atom. The van der Waals surface area contributed by atoms with Gasteiger partial charge in [0.25, 0.3) is 0 Å². The Labute approximate surface area is 157 Å². The van der Waals surface area contributed by atoms with Gasteiger partial charge < -0.3 is 24.4 Å². The number of amides is 2. The molecular formula is C19H22N4O4. The maximum absolute atomic E-state index is 12.5. The molecule has 142 valence electrons. The third-order valence-electron chi connectivity index (χ3n) is 4.61. The van der Waals surface area contributed by atoms with E-state index in [1.807, 2.05) is 31.2 Å². The topological polar surface area (TPSA) is 85.8 Å². The molecule has 1 unspecified atom stereocenters. The second kappa shape index (κ2) is 7.69. The van der Waals surface area contributed by atoms with Gasteiger partial charge in [-0.05, 0) is 43.5 Å². The fourth-order valence-corrected chi connectivity index (χ4v) is 3.18. The van der Waals surface area contributed by atoms with Crippen LogP contribution in [0, 0.1) is 6.92 Å². The number of likely N-dealkylation sites (tertiary alicyclic amines) is 1.